The molecule has 11 nitrogen and oxygen atoms in total. The van der Waals surface area contributed by atoms with Crippen LogP contribution in [0.2, 0.25) is 0 Å². The molecule has 6 atom stereocenters. The first-order chi connectivity index (χ1) is 34.9. The van der Waals surface area contributed by atoms with E-state index in [2.05, 4.69) is 58.3 Å². The summed E-state index contributed by atoms with van der Waals surface area (Å²) in [6.45, 7) is 5.65. The summed E-state index contributed by atoms with van der Waals surface area (Å²) >= 11 is 0. The summed E-state index contributed by atoms with van der Waals surface area (Å²) < 4.78 is 32.4. The van der Waals surface area contributed by atoms with Crippen LogP contribution in [0, 0.1) is 0 Å². The van der Waals surface area contributed by atoms with E-state index >= 15 is 0 Å². The summed E-state index contributed by atoms with van der Waals surface area (Å²) in [7, 11) is 9.14. The van der Waals surface area contributed by atoms with Crippen LogP contribution in [0.4, 0.5) is 0 Å². The van der Waals surface area contributed by atoms with E-state index in [4.69, 9.17) is 23.7 Å². The molecule has 0 aliphatic carbocycles. The fraction of sp³-hybridized carbons (Fsp3) is 0.574. The summed E-state index contributed by atoms with van der Waals surface area (Å²) in [4.78, 5) is 27.1. The van der Waals surface area contributed by atoms with Crippen molar-refractivity contribution >= 4 is 11.9 Å². The summed E-state index contributed by atoms with van der Waals surface area (Å²) in [5, 5.41) is 27.1. The molecule has 4 aliphatic heterocycles. The fourth-order valence-electron chi connectivity index (χ4n) is 12.4. The number of fused-ring (bicyclic) bond motifs is 2. The zero-order chi connectivity index (χ0) is 51.3. The third-order valence-electron chi connectivity index (χ3n) is 16.8. The number of quaternary nitrogens is 2. The molecular weight excluding hydrogens is 905 g/mol. The van der Waals surface area contributed by atoms with E-state index in [0.717, 1.165) is 78.3 Å². The van der Waals surface area contributed by atoms with E-state index in [1.807, 2.05) is 36.4 Å². The fourth-order valence-corrected chi connectivity index (χ4v) is 12.4. The molecule has 4 aromatic rings. The van der Waals surface area contributed by atoms with Crippen molar-refractivity contribution in [2.75, 3.05) is 48.5 Å². The predicted molar refractivity (Wildman–Crippen MR) is 280 cm³/mol. The van der Waals surface area contributed by atoms with Crippen LogP contribution in [0.3, 0.4) is 0 Å². The van der Waals surface area contributed by atoms with Gasteiger partial charge in [0.1, 0.15) is 41.4 Å². The van der Waals surface area contributed by atoms with Crippen LogP contribution in [0.5, 0.6) is 40.2 Å². The second-order valence-electron chi connectivity index (χ2n) is 21.5. The minimum absolute atomic E-state index is 0.223. The first-order valence-corrected chi connectivity index (χ1v) is 27.5. The Kier molecular flexibility index (Phi) is 19.4. The van der Waals surface area contributed by atoms with Crippen LogP contribution in [-0.2, 0) is 35.3 Å². The minimum atomic E-state index is -1.04. The normalized spacial score (nSPS) is 21.0. The number of aliphatic carboxylic acids is 2. The lowest BCUT2D eigenvalue weighted by atomic mass is 9.83. The van der Waals surface area contributed by atoms with Crippen molar-refractivity contribution in [3.63, 3.8) is 0 Å². The minimum Gasteiger partial charge on any atom is -0.544 e. The van der Waals surface area contributed by atoms with E-state index in [0.29, 0.717) is 91.9 Å². The molecule has 0 N–H and O–H groups in total. The smallest absolute Gasteiger partial charge is 0.169 e. The van der Waals surface area contributed by atoms with Crippen molar-refractivity contribution in [2.45, 2.75) is 179 Å². The molecule has 0 amide bonds. The van der Waals surface area contributed by atoms with Gasteiger partial charge in [-0.1, -0.05) is 122 Å². The van der Waals surface area contributed by atoms with Crippen LogP contribution in [0.25, 0.3) is 0 Å². The number of nitrogens with zero attached hydrogens (tertiary/aromatic N) is 2. The molecule has 0 fully saturated rings. The number of carboxylic acid groups (broad SMARTS) is 2. The molecule has 11 heteroatoms. The number of likely N-dealkylation sites (N-methyl/N-ethyl adjacent to an activating group) is 2. The number of benzene rings is 4. The molecule has 0 radical (unpaired) electrons. The van der Waals surface area contributed by atoms with Gasteiger partial charge in [0.2, 0.25) is 0 Å². The van der Waals surface area contributed by atoms with Gasteiger partial charge in [0.15, 0.2) is 23.0 Å². The largest absolute Gasteiger partial charge is 0.544 e. The quantitative estimate of drug-likeness (QED) is 0.0471. The molecule has 4 aromatic carbocycles. The first-order valence-electron chi connectivity index (χ1n) is 27.5. The lowest BCUT2D eigenvalue weighted by Gasteiger charge is -2.51. The van der Waals surface area contributed by atoms with Crippen molar-refractivity contribution in [3.05, 3.63) is 100 Å². The number of carbonyl (C=O) groups excluding carboxylic acids is 2. The highest BCUT2D eigenvalue weighted by Gasteiger charge is 2.48. The molecule has 4 heterocycles. The zero-order valence-electron chi connectivity index (χ0n) is 44.7. The molecule has 4 aliphatic rings. The number of ether oxygens (including phenoxy) is 5. The third-order valence-corrected chi connectivity index (χ3v) is 16.8. The zero-order valence-corrected chi connectivity index (χ0v) is 44.7. The highest BCUT2D eigenvalue weighted by molar-refractivity contribution is 5.70. The lowest BCUT2D eigenvalue weighted by molar-refractivity contribution is -0.958. The van der Waals surface area contributed by atoms with Crippen molar-refractivity contribution in [1.82, 2.24) is 0 Å². The van der Waals surface area contributed by atoms with E-state index in [1.54, 1.807) is 21.3 Å². The number of unbranched alkanes of at least 4 members (excludes halogenated alkanes) is 14. The van der Waals surface area contributed by atoms with Crippen LogP contribution >= 0.6 is 0 Å². The Balaban J connectivity index is 1.35. The van der Waals surface area contributed by atoms with Gasteiger partial charge in [-0.2, -0.15) is 0 Å². The number of carbonyl (C=O) groups is 2. The van der Waals surface area contributed by atoms with Gasteiger partial charge >= 0.3 is 0 Å². The number of rotatable bonds is 25. The third kappa shape index (κ3) is 12.7. The number of hydrogen-bond acceptors (Lipinski definition) is 9. The van der Waals surface area contributed by atoms with Gasteiger partial charge < -0.3 is 52.5 Å². The van der Waals surface area contributed by atoms with Crippen molar-refractivity contribution in [3.8, 4) is 40.2 Å². The molecule has 6 unspecified atom stereocenters. The molecule has 0 saturated carbocycles. The predicted octanol–water partition coefficient (Wildman–Crippen LogP) is 11.5. The van der Waals surface area contributed by atoms with E-state index in [-0.39, 0.29) is 21.0 Å². The van der Waals surface area contributed by atoms with Gasteiger partial charge in [-0.3, -0.25) is 0 Å². The van der Waals surface area contributed by atoms with Crippen molar-refractivity contribution in [1.29, 1.82) is 0 Å². The Bertz CT molecular complexity index is 2420. The number of carboxylic acids is 2. The Hall–Kier alpha value is -5.26. The van der Waals surface area contributed by atoms with Crippen molar-refractivity contribution < 1.29 is 52.5 Å². The first kappa shape index (κ1) is 54.5. The topological polar surface area (TPSA) is 126 Å². The van der Waals surface area contributed by atoms with Crippen LogP contribution < -0.4 is 33.9 Å². The highest BCUT2D eigenvalue weighted by Crippen LogP contribution is 2.51. The number of methoxy groups -OCH3 is 3. The summed E-state index contributed by atoms with van der Waals surface area (Å²) in [6, 6.07) is 20.0. The van der Waals surface area contributed by atoms with Gasteiger partial charge in [-0.25, -0.2) is 0 Å². The molecule has 6 bridgehead atoms. The number of hydrogen-bond donors (Lipinski definition) is 0. The average molecular weight is 989 g/mol. The average Bonchev–Trinajstić information content (AvgIpc) is 3.37. The van der Waals surface area contributed by atoms with Gasteiger partial charge in [-0.15, -0.1) is 0 Å². The van der Waals surface area contributed by atoms with Crippen LogP contribution in [0.1, 0.15) is 175 Å². The SMILES string of the molecule is CCCCCCCCCCC(C(=O)[O-])[N+]1(C)CCc2cc(OC)c3cc2C1Cc1ccc(cc1)Oc1cc(ccc1OC)CC1c2c(cc(OC)cc2O3)CC[N+]1(C)C(CCCCCCCCCC)C(=O)[O-]. The summed E-state index contributed by atoms with van der Waals surface area (Å²) in [5.74, 6) is 1.98. The Morgan fingerprint density at radius 3 is 1.62 bits per heavy atom. The molecule has 8 rings (SSSR count). The molecule has 0 aromatic heterocycles. The van der Waals surface area contributed by atoms with E-state index < -0.39 is 24.0 Å². The second-order valence-corrected chi connectivity index (χ2v) is 21.5. The second kappa shape index (κ2) is 25.6. The van der Waals surface area contributed by atoms with E-state index in [9.17, 15) is 19.8 Å². The summed E-state index contributed by atoms with van der Waals surface area (Å²) in [6.07, 6.45) is 21.3. The van der Waals surface area contributed by atoms with Crippen LogP contribution in [0.15, 0.2) is 66.7 Å². The highest BCUT2D eigenvalue weighted by atomic mass is 16.5. The Morgan fingerprint density at radius 2 is 1.07 bits per heavy atom. The maximum Gasteiger partial charge on any atom is 0.169 e. The standard InChI is InChI=1S/C61H84N2O9/c1-8-10-12-14-16-18-20-22-24-50(60(64)65)62(3)34-32-45-40-55(70-7)57-42-49(45)52(62)36-43-26-29-47(30-27-43)71-56-38-44(28-31-54(56)69-6)37-53-59-46(39-48(68-5)41-58(59)72-57)33-35-63(53,4)51(61(66)67)25-23-21-19-17-15-13-11-9-2/h26-31,38-42,50-53H,8-25,32-37H2,1-7H3. The molecule has 392 valence electrons. The monoisotopic (exact) mass is 989 g/mol. The molecular formula is C61H84N2O9. The maximum absolute atomic E-state index is 13.6. The van der Waals surface area contributed by atoms with Crippen molar-refractivity contribution in [2.24, 2.45) is 0 Å². The lowest BCUT2D eigenvalue weighted by Crippen LogP contribution is -2.63. The van der Waals surface area contributed by atoms with Gasteiger partial charge in [0.05, 0.1) is 66.0 Å². The van der Waals surface area contributed by atoms with Gasteiger partial charge in [-0.05, 0) is 77.6 Å². The van der Waals surface area contributed by atoms with E-state index in [1.165, 1.54) is 57.8 Å². The molecule has 0 saturated heterocycles. The Labute approximate surface area is 431 Å². The van der Waals surface area contributed by atoms with Gasteiger partial charge in [0.25, 0.3) is 0 Å². The molecule has 0 spiro atoms. The van der Waals surface area contributed by atoms with Crippen LogP contribution in [-0.4, -0.2) is 81.5 Å². The maximum atomic E-state index is 13.6. The summed E-state index contributed by atoms with van der Waals surface area (Å²) in [5.41, 5.74) is 6.06. The molecule has 72 heavy (non-hydrogen) atoms. The van der Waals surface area contributed by atoms with Gasteiger partial charge in [0, 0.05) is 50.2 Å². The Morgan fingerprint density at radius 1 is 0.556 bits per heavy atom.